The number of hydrazine groups is 1. The molecule has 1 saturated heterocycles. The first-order valence-corrected chi connectivity index (χ1v) is 9.94. The lowest BCUT2D eigenvalue weighted by atomic mass is 10.1. The average Bonchev–Trinajstić information content (AvgIpc) is 3.07. The second-order valence-electron chi connectivity index (χ2n) is 7.07. The van der Waals surface area contributed by atoms with Gasteiger partial charge in [-0.2, -0.15) is 13.2 Å². The fraction of sp³-hybridized carbons (Fsp3) is 0.286. The van der Waals surface area contributed by atoms with Gasteiger partial charge in [0.1, 0.15) is 13.3 Å². The highest BCUT2D eigenvalue weighted by molar-refractivity contribution is 6.33. The maximum absolute atomic E-state index is 13.1. The summed E-state index contributed by atoms with van der Waals surface area (Å²) < 4.78 is 44.1. The highest BCUT2D eigenvalue weighted by atomic mass is 35.5. The van der Waals surface area contributed by atoms with Crippen molar-refractivity contribution >= 4 is 35.1 Å². The summed E-state index contributed by atoms with van der Waals surface area (Å²) in [7, 11) is 2.66. The Morgan fingerprint density at radius 3 is 2.58 bits per heavy atom. The van der Waals surface area contributed by atoms with Crippen LogP contribution in [0.15, 0.2) is 47.6 Å². The molecule has 3 rings (SSSR count). The molecule has 0 radical (unpaired) electrons. The Bertz CT molecular complexity index is 1090. The van der Waals surface area contributed by atoms with Crippen molar-refractivity contribution in [2.45, 2.75) is 19.7 Å². The Labute approximate surface area is 192 Å². The molecule has 0 unspecified atom stereocenters. The summed E-state index contributed by atoms with van der Waals surface area (Å²) in [5, 5.41) is 6.32. The summed E-state index contributed by atoms with van der Waals surface area (Å²) >= 11 is 6.31. The number of hydrogen-bond acceptors (Lipinski definition) is 6. The van der Waals surface area contributed by atoms with E-state index in [1.165, 1.54) is 35.2 Å². The van der Waals surface area contributed by atoms with Crippen LogP contribution in [0.2, 0.25) is 5.02 Å². The number of urea groups is 1. The normalized spacial score (nSPS) is 14.7. The Kier molecular flexibility index (Phi) is 7.01. The van der Waals surface area contributed by atoms with E-state index in [9.17, 15) is 22.8 Å². The van der Waals surface area contributed by atoms with Crippen LogP contribution < -0.4 is 5.01 Å². The summed E-state index contributed by atoms with van der Waals surface area (Å²) in [5.74, 6) is 0. The van der Waals surface area contributed by atoms with Gasteiger partial charge in [-0.1, -0.05) is 41.0 Å². The number of alkyl halides is 3. The van der Waals surface area contributed by atoms with Crippen LogP contribution in [-0.4, -0.2) is 48.6 Å². The van der Waals surface area contributed by atoms with Crippen LogP contribution in [0.25, 0.3) is 0 Å². The van der Waals surface area contributed by atoms with E-state index in [2.05, 4.69) is 9.89 Å². The topological polar surface area (TPSA) is 74.7 Å². The second-order valence-corrected chi connectivity index (χ2v) is 7.48. The van der Waals surface area contributed by atoms with Crippen molar-refractivity contribution in [3.05, 3.63) is 64.2 Å². The standard InChI is InChI=1S/C21H20ClF3N4O4/c1-13(26-33-11-15-6-4-5-7-16(15)21(23,24)25)14-8-9-17(22)18(10-14)28-12-27(2)19(30)29(28)20(31)32-3/h4-10H,11-12H2,1-3H3/b26-13+. The summed E-state index contributed by atoms with van der Waals surface area (Å²) in [4.78, 5) is 30.9. The summed E-state index contributed by atoms with van der Waals surface area (Å²) in [6.45, 7) is 1.26. The van der Waals surface area contributed by atoms with Gasteiger partial charge in [0.2, 0.25) is 0 Å². The van der Waals surface area contributed by atoms with Crippen molar-refractivity contribution in [3.63, 3.8) is 0 Å². The molecule has 0 saturated carbocycles. The number of imide groups is 1. The molecule has 1 heterocycles. The van der Waals surface area contributed by atoms with Crippen LogP contribution in [0.5, 0.6) is 0 Å². The number of rotatable bonds is 5. The van der Waals surface area contributed by atoms with Crippen LogP contribution in [0, 0.1) is 0 Å². The van der Waals surface area contributed by atoms with Crippen molar-refractivity contribution in [3.8, 4) is 0 Å². The third-order valence-corrected chi connectivity index (χ3v) is 5.15. The Hall–Kier alpha value is -3.47. The molecule has 176 valence electrons. The molecule has 1 aliphatic heterocycles. The molecule has 1 aliphatic rings. The Morgan fingerprint density at radius 1 is 1.21 bits per heavy atom. The summed E-state index contributed by atoms with van der Waals surface area (Å²) in [6.07, 6.45) is -5.39. The van der Waals surface area contributed by atoms with Crippen LogP contribution in [-0.2, 0) is 22.4 Å². The Morgan fingerprint density at radius 2 is 1.91 bits per heavy atom. The van der Waals surface area contributed by atoms with Crippen molar-refractivity contribution < 1.29 is 32.3 Å². The van der Waals surface area contributed by atoms with Crippen LogP contribution in [0.4, 0.5) is 28.4 Å². The van der Waals surface area contributed by atoms with Crippen LogP contribution >= 0.6 is 11.6 Å². The maximum Gasteiger partial charge on any atom is 0.437 e. The lowest BCUT2D eigenvalue weighted by molar-refractivity contribution is -0.138. The predicted octanol–water partition coefficient (Wildman–Crippen LogP) is 5.11. The van der Waals surface area contributed by atoms with Gasteiger partial charge in [0.25, 0.3) is 0 Å². The van der Waals surface area contributed by atoms with Crippen molar-refractivity contribution in [2.24, 2.45) is 5.16 Å². The molecule has 2 aromatic rings. The van der Waals surface area contributed by atoms with E-state index in [0.717, 1.165) is 18.2 Å². The zero-order valence-corrected chi connectivity index (χ0v) is 18.6. The van der Waals surface area contributed by atoms with E-state index in [1.807, 2.05) is 0 Å². The van der Waals surface area contributed by atoms with E-state index >= 15 is 0 Å². The third kappa shape index (κ3) is 5.14. The average molecular weight is 485 g/mol. The highest BCUT2D eigenvalue weighted by Crippen LogP contribution is 2.33. The number of methoxy groups -OCH3 is 1. The first kappa shape index (κ1) is 24.2. The maximum atomic E-state index is 13.1. The van der Waals surface area contributed by atoms with Gasteiger partial charge in [0.05, 0.1) is 29.1 Å². The quantitative estimate of drug-likeness (QED) is 0.435. The van der Waals surface area contributed by atoms with Gasteiger partial charge < -0.3 is 14.5 Å². The molecule has 33 heavy (non-hydrogen) atoms. The van der Waals surface area contributed by atoms with E-state index in [1.54, 1.807) is 25.1 Å². The fourth-order valence-electron chi connectivity index (χ4n) is 3.15. The van der Waals surface area contributed by atoms with E-state index < -0.39 is 23.9 Å². The number of nitrogens with zero attached hydrogens (tertiary/aromatic N) is 4. The molecule has 0 aromatic heterocycles. The molecular formula is C21H20ClF3N4O4. The molecule has 0 N–H and O–H groups in total. The molecule has 0 bridgehead atoms. The van der Waals surface area contributed by atoms with Crippen molar-refractivity contribution in [2.75, 3.05) is 25.8 Å². The molecule has 2 aromatic carbocycles. The largest absolute Gasteiger partial charge is 0.451 e. The molecular weight excluding hydrogens is 465 g/mol. The number of benzene rings is 2. The molecule has 0 spiro atoms. The lowest BCUT2D eigenvalue weighted by Gasteiger charge is -2.25. The number of oxime groups is 1. The summed E-state index contributed by atoms with van der Waals surface area (Å²) in [5.41, 5.74) is 0.350. The van der Waals surface area contributed by atoms with E-state index in [-0.39, 0.29) is 23.9 Å². The first-order chi connectivity index (χ1) is 15.5. The zero-order valence-electron chi connectivity index (χ0n) is 17.9. The van der Waals surface area contributed by atoms with Crippen molar-refractivity contribution in [1.82, 2.24) is 9.91 Å². The number of amides is 3. The van der Waals surface area contributed by atoms with Gasteiger partial charge in [-0.15, -0.1) is 5.01 Å². The predicted molar refractivity (Wildman–Crippen MR) is 115 cm³/mol. The highest BCUT2D eigenvalue weighted by Gasteiger charge is 2.40. The monoisotopic (exact) mass is 484 g/mol. The number of anilines is 1. The van der Waals surface area contributed by atoms with Gasteiger partial charge in [-0.25, -0.2) is 9.59 Å². The van der Waals surface area contributed by atoms with Crippen molar-refractivity contribution in [1.29, 1.82) is 0 Å². The van der Waals surface area contributed by atoms with Gasteiger partial charge in [0, 0.05) is 18.2 Å². The van der Waals surface area contributed by atoms with Crippen LogP contribution in [0.3, 0.4) is 0 Å². The molecule has 0 atom stereocenters. The van der Waals surface area contributed by atoms with Crippen LogP contribution in [0.1, 0.15) is 23.6 Å². The second kappa shape index (κ2) is 9.57. The number of carbonyl (C=O) groups excluding carboxylic acids is 2. The lowest BCUT2D eigenvalue weighted by Crippen LogP contribution is -2.43. The smallest absolute Gasteiger partial charge is 0.437 e. The third-order valence-electron chi connectivity index (χ3n) is 4.83. The minimum absolute atomic E-state index is 0.0397. The number of halogens is 4. The fourth-order valence-corrected chi connectivity index (χ4v) is 3.36. The van der Waals surface area contributed by atoms with Gasteiger partial charge in [-0.05, 0) is 25.1 Å². The van der Waals surface area contributed by atoms with E-state index in [4.69, 9.17) is 16.4 Å². The van der Waals surface area contributed by atoms with Gasteiger partial charge in [-0.3, -0.25) is 5.01 Å². The summed E-state index contributed by atoms with van der Waals surface area (Å²) in [6, 6.07) is 9.23. The first-order valence-electron chi connectivity index (χ1n) is 9.56. The SMILES string of the molecule is COC(=O)N1C(=O)N(C)CN1c1cc(/C(C)=N/OCc2ccccc2C(F)(F)F)ccc1Cl. The van der Waals surface area contributed by atoms with E-state index in [0.29, 0.717) is 17.0 Å². The minimum atomic E-state index is -4.50. The zero-order chi connectivity index (χ0) is 24.3. The number of ether oxygens (including phenoxy) is 1. The molecule has 12 heteroatoms. The number of hydrogen-bond donors (Lipinski definition) is 0. The van der Waals surface area contributed by atoms with Gasteiger partial charge in [0.15, 0.2) is 0 Å². The molecule has 0 aliphatic carbocycles. The molecule has 1 fully saturated rings. The molecule has 3 amide bonds. The Balaban J connectivity index is 1.83. The van der Waals surface area contributed by atoms with Gasteiger partial charge >= 0.3 is 18.3 Å². The minimum Gasteiger partial charge on any atom is -0.451 e. The molecule has 8 nitrogen and oxygen atoms in total. The number of carbonyl (C=O) groups is 2.